The fourth-order valence-electron chi connectivity index (χ4n) is 0.962. The van der Waals surface area contributed by atoms with Gasteiger partial charge in [-0.2, -0.15) is 11.8 Å². The fourth-order valence-corrected chi connectivity index (χ4v) is 1.98. The largest absolute Gasteiger partial charge is 0.389 e. The SMILES string of the molecule is O[C@@H]1[C@@H](O)[C@@H](O)CSC[C@@H]1O. The van der Waals surface area contributed by atoms with Crippen LogP contribution in [-0.4, -0.2) is 56.3 Å². The van der Waals surface area contributed by atoms with E-state index in [4.69, 9.17) is 20.4 Å². The number of thioether (sulfide) groups is 1. The lowest BCUT2D eigenvalue weighted by atomic mass is 10.1. The highest BCUT2D eigenvalue weighted by molar-refractivity contribution is 7.99. The van der Waals surface area contributed by atoms with E-state index in [1.807, 2.05) is 0 Å². The van der Waals surface area contributed by atoms with E-state index in [2.05, 4.69) is 0 Å². The average molecular weight is 180 g/mol. The van der Waals surface area contributed by atoms with Gasteiger partial charge in [-0.25, -0.2) is 0 Å². The van der Waals surface area contributed by atoms with Crippen molar-refractivity contribution in [2.24, 2.45) is 0 Å². The second kappa shape index (κ2) is 3.73. The van der Waals surface area contributed by atoms with Gasteiger partial charge in [0.25, 0.3) is 0 Å². The molecule has 4 N–H and O–H groups in total. The van der Waals surface area contributed by atoms with Crippen LogP contribution in [0.2, 0.25) is 0 Å². The minimum Gasteiger partial charge on any atom is -0.389 e. The Hall–Kier alpha value is 0.190. The molecular weight excluding hydrogens is 168 g/mol. The molecule has 4 atom stereocenters. The Morgan fingerprint density at radius 1 is 0.818 bits per heavy atom. The Morgan fingerprint density at radius 3 is 1.55 bits per heavy atom. The third kappa shape index (κ3) is 2.07. The number of rotatable bonds is 0. The zero-order chi connectivity index (χ0) is 8.43. The Balaban J connectivity index is 2.58. The number of aliphatic hydroxyl groups is 4. The molecular formula is C6H12O4S. The molecule has 0 aromatic carbocycles. The van der Waals surface area contributed by atoms with Crippen LogP contribution in [0.15, 0.2) is 0 Å². The van der Waals surface area contributed by atoms with E-state index in [-0.39, 0.29) is 0 Å². The molecule has 0 saturated carbocycles. The predicted molar refractivity (Wildman–Crippen MR) is 41.4 cm³/mol. The van der Waals surface area contributed by atoms with Gasteiger partial charge in [0.2, 0.25) is 0 Å². The van der Waals surface area contributed by atoms with Crippen LogP contribution in [0, 0.1) is 0 Å². The topological polar surface area (TPSA) is 80.9 Å². The number of hydrogen-bond donors (Lipinski definition) is 4. The van der Waals surface area contributed by atoms with Gasteiger partial charge in [0.15, 0.2) is 0 Å². The van der Waals surface area contributed by atoms with Crippen LogP contribution >= 0.6 is 11.8 Å². The van der Waals surface area contributed by atoms with Gasteiger partial charge in [0, 0.05) is 11.5 Å². The molecule has 0 amide bonds. The van der Waals surface area contributed by atoms with E-state index < -0.39 is 24.4 Å². The highest BCUT2D eigenvalue weighted by atomic mass is 32.2. The van der Waals surface area contributed by atoms with Crippen LogP contribution in [0.4, 0.5) is 0 Å². The van der Waals surface area contributed by atoms with Crippen molar-refractivity contribution in [3.8, 4) is 0 Å². The summed E-state index contributed by atoms with van der Waals surface area (Å²) in [7, 11) is 0. The van der Waals surface area contributed by atoms with Crippen molar-refractivity contribution in [2.75, 3.05) is 11.5 Å². The van der Waals surface area contributed by atoms with Gasteiger partial charge >= 0.3 is 0 Å². The van der Waals surface area contributed by atoms with Gasteiger partial charge in [0.1, 0.15) is 12.2 Å². The molecule has 0 radical (unpaired) electrons. The predicted octanol–water partition coefficient (Wildman–Crippen LogP) is -1.82. The van der Waals surface area contributed by atoms with Crippen molar-refractivity contribution in [3.63, 3.8) is 0 Å². The van der Waals surface area contributed by atoms with Gasteiger partial charge in [-0.1, -0.05) is 0 Å². The standard InChI is InChI=1S/C6H12O4S/c7-3-1-11-2-4(8)6(10)5(3)9/h3-10H,1-2H2/t3-,4-,5-,6-/m0/s1. The van der Waals surface area contributed by atoms with Crippen LogP contribution < -0.4 is 0 Å². The Morgan fingerprint density at radius 2 is 1.18 bits per heavy atom. The monoisotopic (exact) mass is 180 g/mol. The first-order valence-electron chi connectivity index (χ1n) is 3.43. The Labute approximate surface area is 68.9 Å². The van der Waals surface area contributed by atoms with E-state index in [1.165, 1.54) is 11.8 Å². The number of aliphatic hydroxyl groups excluding tert-OH is 4. The minimum atomic E-state index is -1.22. The number of hydrogen-bond acceptors (Lipinski definition) is 5. The lowest BCUT2D eigenvalue weighted by Gasteiger charge is -2.21. The molecule has 0 aliphatic carbocycles. The summed E-state index contributed by atoms with van der Waals surface area (Å²) in [5.41, 5.74) is 0. The molecule has 4 nitrogen and oxygen atoms in total. The van der Waals surface area contributed by atoms with Gasteiger partial charge < -0.3 is 20.4 Å². The van der Waals surface area contributed by atoms with E-state index in [9.17, 15) is 0 Å². The zero-order valence-corrected chi connectivity index (χ0v) is 6.74. The average Bonchev–Trinajstić information content (AvgIpc) is 2.07. The molecule has 0 aromatic heterocycles. The zero-order valence-electron chi connectivity index (χ0n) is 5.92. The van der Waals surface area contributed by atoms with Gasteiger partial charge in [-0.05, 0) is 0 Å². The second-order valence-electron chi connectivity index (χ2n) is 2.65. The van der Waals surface area contributed by atoms with Crippen LogP contribution in [0.1, 0.15) is 0 Å². The van der Waals surface area contributed by atoms with Crippen molar-refractivity contribution in [2.45, 2.75) is 24.4 Å². The summed E-state index contributed by atoms with van der Waals surface area (Å²) >= 11 is 1.32. The van der Waals surface area contributed by atoms with Gasteiger partial charge in [0.05, 0.1) is 12.2 Å². The fraction of sp³-hybridized carbons (Fsp3) is 1.00. The van der Waals surface area contributed by atoms with Crippen LogP contribution in [0.5, 0.6) is 0 Å². The molecule has 0 bridgehead atoms. The summed E-state index contributed by atoms with van der Waals surface area (Å²) in [5.74, 6) is 0.713. The smallest absolute Gasteiger partial charge is 0.109 e. The van der Waals surface area contributed by atoms with Crippen LogP contribution in [0.3, 0.4) is 0 Å². The van der Waals surface area contributed by atoms with Crippen molar-refractivity contribution in [1.82, 2.24) is 0 Å². The molecule has 11 heavy (non-hydrogen) atoms. The molecule has 1 aliphatic rings. The quantitative estimate of drug-likeness (QED) is 0.353. The summed E-state index contributed by atoms with van der Waals surface area (Å²) in [6, 6.07) is 0. The summed E-state index contributed by atoms with van der Waals surface area (Å²) < 4.78 is 0. The van der Waals surface area contributed by atoms with Crippen molar-refractivity contribution >= 4 is 11.8 Å². The molecule has 1 saturated heterocycles. The minimum absolute atomic E-state index is 0.356. The van der Waals surface area contributed by atoms with E-state index in [1.54, 1.807) is 0 Å². The van der Waals surface area contributed by atoms with Crippen molar-refractivity contribution in [1.29, 1.82) is 0 Å². The van der Waals surface area contributed by atoms with Gasteiger partial charge in [-0.3, -0.25) is 0 Å². The molecule has 0 aromatic rings. The molecule has 1 heterocycles. The molecule has 1 fully saturated rings. The summed E-state index contributed by atoms with van der Waals surface area (Å²) in [4.78, 5) is 0. The first kappa shape index (κ1) is 9.28. The first-order chi connectivity index (χ1) is 5.13. The Kier molecular flexibility index (Phi) is 3.15. The third-order valence-electron chi connectivity index (χ3n) is 1.72. The molecule has 66 valence electrons. The maximum Gasteiger partial charge on any atom is 0.109 e. The highest BCUT2D eigenvalue weighted by Crippen LogP contribution is 2.18. The van der Waals surface area contributed by atoms with Crippen molar-refractivity contribution < 1.29 is 20.4 Å². The molecule has 0 unspecified atom stereocenters. The summed E-state index contributed by atoms with van der Waals surface area (Å²) in [6.07, 6.45) is -4.32. The maximum absolute atomic E-state index is 9.12. The van der Waals surface area contributed by atoms with E-state index in [0.29, 0.717) is 11.5 Å². The van der Waals surface area contributed by atoms with E-state index in [0.717, 1.165) is 0 Å². The van der Waals surface area contributed by atoms with E-state index >= 15 is 0 Å². The van der Waals surface area contributed by atoms with Crippen LogP contribution in [0.25, 0.3) is 0 Å². The summed E-state index contributed by atoms with van der Waals surface area (Å²) in [5, 5.41) is 36.5. The molecule has 0 spiro atoms. The lowest BCUT2D eigenvalue weighted by molar-refractivity contribution is -0.0894. The highest BCUT2D eigenvalue weighted by Gasteiger charge is 2.33. The Bertz CT molecular complexity index is 118. The third-order valence-corrected chi connectivity index (χ3v) is 2.87. The normalized spacial score (nSPS) is 46.9. The second-order valence-corrected chi connectivity index (χ2v) is 3.73. The van der Waals surface area contributed by atoms with Crippen molar-refractivity contribution in [3.05, 3.63) is 0 Å². The maximum atomic E-state index is 9.12. The molecule has 1 rings (SSSR count). The molecule has 1 aliphatic heterocycles. The molecule has 5 heteroatoms. The summed E-state index contributed by atoms with van der Waals surface area (Å²) in [6.45, 7) is 0. The van der Waals surface area contributed by atoms with Crippen LogP contribution in [-0.2, 0) is 0 Å². The van der Waals surface area contributed by atoms with Gasteiger partial charge in [-0.15, -0.1) is 0 Å². The first-order valence-corrected chi connectivity index (χ1v) is 4.58. The lowest BCUT2D eigenvalue weighted by Crippen LogP contribution is -2.43.